The minimum atomic E-state index is -1.10. The Morgan fingerprint density at radius 2 is 0.939 bits per heavy atom. The van der Waals surface area contributed by atoms with E-state index in [0.29, 0.717) is 51.2 Å². The normalized spacial score (nSPS) is 14.2. The number of nitrogen functional groups attached to an aromatic ring is 1. The van der Waals surface area contributed by atoms with Gasteiger partial charge in [0.25, 0.3) is 17.0 Å². The maximum atomic E-state index is 13.0. The number of benzene rings is 6. The molecule has 26 heteroatoms. The van der Waals surface area contributed by atoms with Gasteiger partial charge < -0.3 is 46.3 Å². The topological polar surface area (TPSA) is 400 Å². The van der Waals surface area contributed by atoms with E-state index in [4.69, 9.17) is 21.1 Å². The number of para-hydroxylation sites is 3. The van der Waals surface area contributed by atoms with Crippen LogP contribution in [0.15, 0.2) is 180 Å². The molecule has 1 amide bonds. The van der Waals surface area contributed by atoms with Crippen molar-refractivity contribution in [1.82, 2.24) is 29.5 Å². The van der Waals surface area contributed by atoms with E-state index in [2.05, 4.69) is 75.0 Å². The third kappa shape index (κ3) is 13.6. The summed E-state index contributed by atoms with van der Waals surface area (Å²) >= 11 is 0. The minimum Gasteiger partial charge on any atom is -0.505 e. The standard InChI is InChI=1S/2C24H21N5O4.C13H14N2O.C11H10N2O3/c2*1-13-21(23(31)29(28-13)17-9-8-14-4-2-5-15(14)10-17)27-26-19-7-3-6-18(22(19)30)16-11-20(24(32)33)25-12-16;1-9-7-13(16)15(14-9)12-6-5-10-3-2-4-11(10)8-12;12-8-3-1-2-7(10(8)14)6-4-9(11(15)16)13-5-6/h2*3,6-12,25,28,30H,2,4-5H2,1H3,(H,32,33);5-6,8H,2-4,7H2,1H3;1-3,5,14H,4,12H2,(H,15,16). The van der Waals surface area contributed by atoms with Gasteiger partial charge in [-0.25, -0.2) is 28.8 Å². The highest BCUT2D eigenvalue weighted by Gasteiger charge is 2.26. The molecule has 6 aromatic carbocycles. The summed E-state index contributed by atoms with van der Waals surface area (Å²) in [6.07, 6.45) is 15.0. The van der Waals surface area contributed by atoms with Crippen LogP contribution in [0.2, 0.25) is 0 Å². The highest BCUT2D eigenvalue weighted by Crippen LogP contribution is 2.41. The summed E-state index contributed by atoms with van der Waals surface area (Å²) in [5.74, 6) is -3.52. The van der Waals surface area contributed by atoms with Crippen LogP contribution < -0.4 is 21.9 Å². The van der Waals surface area contributed by atoms with Gasteiger partial charge in [0, 0.05) is 58.5 Å². The van der Waals surface area contributed by atoms with Crippen molar-refractivity contribution in [2.24, 2.45) is 30.6 Å². The van der Waals surface area contributed by atoms with Crippen LogP contribution in [0.4, 0.5) is 34.1 Å². The van der Waals surface area contributed by atoms with Gasteiger partial charge >= 0.3 is 17.9 Å². The second kappa shape index (κ2) is 27.7. The molecular formula is C72H66N14O12. The molecule has 5 aliphatic rings. The average molecular weight is 1320 g/mol. The Bertz CT molecular complexity index is 4920. The highest BCUT2D eigenvalue weighted by molar-refractivity contribution is 6.38. The number of amides is 1. The molecule has 15 rings (SSSR count). The lowest BCUT2D eigenvalue weighted by Gasteiger charge is -2.13. The quantitative estimate of drug-likeness (QED) is 0.0291. The fourth-order valence-electron chi connectivity index (χ4n) is 12.3. The second-order valence-corrected chi connectivity index (χ2v) is 24.0. The molecule has 0 radical (unpaired) electrons. The maximum Gasteiger partial charge on any atom is 0.352 e. The summed E-state index contributed by atoms with van der Waals surface area (Å²) < 4.78 is 2.90. The third-order valence-electron chi connectivity index (χ3n) is 17.4. The van der Waals surface area contributed by atoms with Gasteiger partial charge in [-0.15, -0.1) is 20.5 Å². The molecule has 98 heavy (non-hydrogen) atoms. The van der Waals surface area contributed by atoms with Crippen molar-refractivity contribution in [3.05, 3.63) is 222 Å². The summed E-state index contributed by atoms with van der Waals surface area (Å²) in [5.41, 5.74) is 21.2. The number of H-pyrrole nitrogens is 4. The zero-order valence-corrected chi connectivity index (χ0v) is 53.3. The van der Waals surface area contributed by atoms with Gasteiger partial charge in [0.15, 0.2) is 22.9 Å². The van der Waals surface area contributed by atoms with E-state index in [-0.39, 0.29) is 86.2 Å². The van der Waals surface area contributed by atoms with E-state index in [0.717, 1.165) is 67.7 Å². The predicted octanol–water partition coefficient (Wildman–Crippen LogP) is 13.1. The number of hydrogen-bond acceptors (Lipinski definition) is 16. The molecule has 0 unspecified atom stereocenters. The molecule has 3 aliphatic carbocycles. The van der Waals surface area contributed by atoms with Gasteiger partial charge in [0.05, 0.1) is 40.6 Å². The summed E-state index contributed by atoms with van der Waals surface area (Å²) in [7, 11) is 0. The van der Waals surface area contributed by atoms with E-state index < -0.39 is 17.9 Å². The molecule has 0 atom stereocenters. The minimum absolute atomic E-state index is 0.00600. The largest absolute Gasteiger partial charge is 0.505 e. The van der Waals surface area contributed by atoms with E-state index in [1.54, 1.807) is 68.4 Å². The first-order valence-corrected chi connectivity index (χ1v) is 31.4. The first-order valence-electron chi connectivity index (χ1n) is 31.4. The Labute approximate surface area is 557 Å². The second-order valence-electron chi connectivity index (χ2n) is 24.0. The number of aryl methyl sites for hydroxylation is 8. The average Bonchev–Trinajstić information content (AvgIpc) is 1.60. The number of carboxylic acids is 3. The summed E-state index contributed by atoms with van der Waals surface area (Å²) in [6.45, 7) is 5.37. The molecule has 496 valence electrons. The van der Waals surface area contributed by atoms with Gasteiger partial charge in [0.2, 0.25) is 0 Å². The number of phenolic OH excluding ortho intramolecular Hbond substituents is 3. The van der Waals surface area contributed by atoms with Crippen molar-refractivity contribution < 1.29 is 49.8 Å². The number of aromatic hydroxyl groups is 3. The lowest BCUT2D eigenvalue weighted by molar-refractivity contribution is -0.129. The van der Waals surface area contributed by atoms with E-state index in [1.165, 1.54) is 91.3 Å². The summed E-state index contributed by atoms with van der Waals surface area (Å²) in [4.78, 5) is 79.7. The molecule has 10 aromatic rings. The van der Waals surface area contributed by atoms with E-state index >= 15 is 0 Å². The SMILES string of the molecule is CC1=NN(c2ccc3c(c2)CCC3)C(=O)C1.Cc1[nH]n(-c2ccc3c(c2)CCC3)c(=O)c1N=Nc1cccc(-c2c[nH]c(C(=O)O)c2)c1O.Cc1[nH]n(-c2ccc3c(c2)CCC3)c(=O)c1N=Nc1cccc(-c2c[nH]c(C(=O)O)c2)c1O.Nc1cccc(C2=CN=C(C(=O)O)C2)c1O. The number of fused-ring (bicyclic) bond motifs is 3. The van der Waals surface area contributed by atoms with Crippen LogP contribution >= 0.6 is 0 Å². The molecule has 12 N–H and O–H groups in total. The summed E-state index contributed by atoms with van der Waals surface area (Å²) in [5, 5.41) is 86.4. The molecule has 0 saturated carbocycles. The zero-order valence-electron chi connectivity index (χ0n) is 53.3. The molecule has 6 heterocycles. The Hall–Kier alpha value is -12.7. The number of rotatable bonds is 13. The number of azo groups is 2. The fraction of sp³-hybridized carbons (Fsp3) is 0.194. The number of phenols is 3. The Morgan fingerprint density at radius 3 is 1.37 bits per heavy atom. The number of hydrogen-bond donors (Lipinski definition) is 11. The number of carboxylic acid groups (broad SMARTS) is 3. The van der Waals surface area contributed by atoms with Crippen LogP contribution in [0.25, 0.3) is 39.2 Å². The predicted molar refractivity (Wildman–Crippen MR) is 368 cm³/mol. The van der Waals surface area contributed by atoms with Crippen molar-refractivity contribution >= 4 is 74.9 Å². The summed E-state index contributed by atoms with van der Waals surface area (Å²) in [6, 6.07) is 35.8. The van der Waals surface area contributed by atoms with Crippen LogP contribution in [-0.2, 0) is 48.1 Å². The number of nitrogens with two attached hydrogens (primary N) is 1. The highest BCUT2D eigenvalue weighted by atomic mass is 16.4. The zero-order chi connectivity index (χ0) is 69.1. The molecular weight excluding hydrogens is 1250 g/mol. The van der Waals surface area contributed by atoms with Gasteiger partial charge in [0.1, 0.15) is 34.2 Å². The van der Waals surface area contributed by atoms with Crippen molar-refractivity contribution in [3.63, 3.8) is 0 Å². The number of allylic oxidation sites excluding steroid dienone is 1. The van der Waals surface area contributed by atoms with Crippen LogP contribution in [0, 0.1) is 13.8 Å². The van der Waals surface area contributed by atoms with Gasteiger partial charge in [-0.1, -0.05) is 54.6 Å². The van der Waals surface area contributed by atoms with Crippen molar-refractivity contribution in [1.29, 1.82) is 0 Å². The maximum absolute atomic E-state index is 13.0. The molecule has 2 aliphatic heterocycles. The third-order valence-corrected chi connectivity index (χ3v) is 17.4. The van der Waals surface area contributed by atoms with Gasteiger partial charge in [-0.05, 0) is 184 Å². The van der Waals surface area contributed by atoms with Crippen LogP contribution in [-0.4, -0.2) is 95.4 Å². The van der Waals surface area contributed by atoms with E-state index in [1.807, 2.05) is 37.3 Å². The Morgan fingerprint density at radius 1 is 0.500 bits per heavy atom. The monoisotopic (exact) mass is 1320 g/mol. The number of aromatic carboxylic acids is 2. The number of aliphatic carboxylic acids is 1. The molecule has 0 saturated heterocycles. The molecule has 0 spiro atoms. The lowest BCUT2D eigenvalue weighted by Crippen LogP contribution is -2.19. The number of carbonyl (C=O) groups excluding carboxylic acids is 1. The number of nitrogens with one attached hydrogen (secondary N) is 4. The molecule has 0 bridgehead atoms. The first kappa shape index (κ1) is 65.3. The van der Waals surface area contributed by atoms with Crippen molar-refractivity contribution in [3.8, 4) is 50.9 Å². The fourth-order valence-corrected chi connectivity index (χ4v) is 12.3. The first-order chi connectivity index (χ1) is 47.2. The number of aromatic amines is 4. The Balaban J connectivity index is 0.000000131. The van der Waals surface area contributed by atoms with E-state index in [9.17, 15) is 44.1 Å². The molecule has 0 fully saturated rings. The molecule has 26 nitrogen and oxygen atoms in total. The Kier molecular flexibility index (Phi) is 18.5. The number of anilines is 2. The number of hydrazone groups is 1. The van der Waals surface area contributed by atoms with Gasteiger partial charge in [-0.2, -0.15) is 5.10 Å². The number of aromatic nitrogens is 6. The lowest BCUT2D eigenvalue weighted by atomic mass is 10.0. The van der Waals surface area contributed by atoms with Gasteiger partial charge in [-0.3, -0.25) is 29.6 Å². The van der Waals surface area contributed by atoms with Crippen LogP contribution in [0.5, 0.6) is 17.2 Å². The molecule has 4 aromatic heterocycles. The van der Waals surface area contributed by atoms with Crippen molar-refractivity contribution in [2.75, 3.05) is 10.7 Å². The smallest absolute Gasteiger partial charge is 0.352 e. The van der Waals surface area contributed by atoms with Crippen molar-refractivity contribution in [2.45, 2.75) is 91.4 Å². The van der Waals surface area contributed by atoms with Crippen LogP contribution in [0.1, 0.15) is 110 Å². The number of carbonyl (C=O) groups is 4. The van der Waals surface area contributed by atoms with Crippen LogP contribution in [0.3, 0.4) is 0 Å². The number of aliphatic imine (C=N–C) groups is 1. The number of nitrogens with zero attached hydrogens (tertiary/aromatic N) is 9.